The van der Waals surface area contributed by atoms with Gasteiger partial charge in [-0.05, 0) is 48.2 Å². The highest BCUT2D eigenvalue weighted by Gasteiger charge is 2.19. The fourth-order valence-electron chi connectivity index (χ4n) is 2.58. The summed E-state index contributed by atoms with van der Waals surface area (Å²) in [7, 11) is 1.84. The summed E-state index contributed by atoms with van der Waals surface area (Å²) in [5.41, 5.74) is 1.32. The van der Waals surface area contributed by atoms with Crippen LogP contribution in [0.1, 0.15) is 31.7 Å². The normalized spacial score (nSPS) is 17.3. The second-order valence-corrected chi connectivity index (χ2v) is 6.10. The predicted molar refractivity (Wildman–Crippen MR) is 103 cm³/mol. The van der Waals surface area contributed by atoms with Crippen molar-refractivity contribution in [3.63, 3.8) is 0 Å². The summed E-state index contributed by atoms with van der Waals surface area (Å²) in [6, 6.07) is 2.70. The molecule has 4 nitrogen and oxygen atoms in total. The number of hydrogen-bond donors (Lipinski definition) is 2. The molecule has 2 heterocycles. The number of likely N-dealkylation sites (tertiary alicyclic amines) is 1. The first-order chi connectivity index (χ1) is 9.81. The monoisotopic (exact) mass is 422 g/mol. The summed E-state index contributed by atoms with van der Waals surface area (Å²) in [4.78, 5) is 6.88. The Morgan fingerprint density at radius 1 is 1.43 bits per heavy atom. The van der Waals surface area contributed by atoms with Gasteiger partial charge in [-0.1, -0.05) is 6.92 Å². The van der Waals surface area contributed by atoms with Crippen molar-refractivity contribution in [2.45, 2.75) is 38.8 Å². The minimum Gasteiger partial charge on any atom is -0.354 e. The second kappa shape index (κ2) is 10.4. The van der Waals surface area contributed by atoms with Crippen LogP contribution in [0.4, 0.5) is 0 Å². The molecule has 0 bridgehead atoms. The summed E-state index contributed by atoms with van der Waals surface area (Å²) in [5, 5.41) is 11.2. The maximum Gasteiger partial charge on any atom is 0.191 e. The van der Waals surface area contributed by atoms with E-state index in [2.05, 4.69) is 44.3 Å². The molecule has 1 saturated heterocycles. The fraction of sp³-hybridized carbons (Fsp3) is 0.667. The summed E-state index contributed by atoms with van der Waals surface area (Å²) in [6.45, 7) is 6.73. The first-order valence-electron chi connectivity index (χ1n) is 7.52. The van der Waals surface area contributed by atoms with Gasteiger partial charge in [-0.2, -0.15) is 11.3 Å². The van der Waals surface area contributed by atoms with Gasteiger partial charge in [-0.15, -0.1) is 24.0 Å². The number of hydrogen-bond acceptors (Lipinski definition) is 3. The van der Waals surface area contributed by atoms with Crippen molar-refractivity contribution in [3.8, 4) is 0 Å². The standard InChI is InChI=1S/C15H26N4S.HI/c1-3-7-19-8-4-14(5-9-19)18-15(16-2)17-11-13-6-10-20-12-13;/h6,10,12,14H,3-5,7-9,11H2,1-2H3,(H2,16,17,18);1H. The van der Waals surface area contributed by atoms with Crippen LogP contribution in [0.3, 0.4) is 0 Å². The van der Waals surface area contributed by atoms with Crippen molar-refractivity contribution in [1.29, 1.82) is 0 Å². The third-order valence-corrected chi connectivity index (χ3v) is 4.46. The number of thiophene rings is 1. The van der Waals surface area contributed by atoms with Crippen LogP contribution in [0.15, 0.2) is 21.8 Å². The maximum atomic E-state index is 4.32. The highest BCUT2D eigenvalue weighted by Crippen LogP contribution is 2.10. The van der Waals surface area contributed by atoms with Crippen molar-refractivity contribution in [1.82, 2.24) is 15.5 Å². The number of halogens is 1. The van der Waals surface area contributed by atoms with Gasteiger partial charge in [0.15, 0.2) is 5.96 Å². The number of aliphatic imine (C=N–C) groups is 1. The minimum absolute atomic E-state index is 0. The van der Waals surface area contributed by atoms with Gasteiger partial charge in [-0.3, -0.25) is 4.99 Å². The van der Waals surface area contributed by atoms with Gasteiger partial charge >= 0.3 is 0 Å². The van der Waals surface area contributed by atoms with Crippen LogP contribution in [0.5, 0.6) is 0 Å². The van der Waals surface area contributed by atoms with E-state index in [4.69, 9.17) is 0 Å². The molecule has 0 unspecified atom stereocenters. The zero-order valence-electron chi connectivity index (χ0n) is 13.0. The van der Waals surface area contributed by atoms with Gasteiger partial charge in [0.2, 0.25) is 0 Å². The third kappa shape index (κ3) is 6.52. The van der Waals surface area contributed by atoms with Crippen molar-refractivity contribution in [3.05, 3.63) is 22.4 Å². The molecule has 1 aromatic heterocycles. The Bertz CT molecular complexity index is 400. The maximum absolute atomic E-state index is 4.32. The summed E-state index contributed by atoms with van der Waals surface area (Å²) < 4.78 is 0. The summed E-state index contributed by atoms with van der Waals surface area (Å²) >= 11 is 1.73. The second-order valence-electron chi connectivity index (χ2n) is 5.32. The smallest absolute Gasteiger partial charge is 0.191 e. The van der Waals surface area contributed by atoms with Gasteiger partial charge in [0, 0.05) is 32.7 Å². The Morgan fingerprint density at radius 2 is 2.19 bits per heavy atom. The van der Waals surface area contributed by atoms with E-state index in [1.54, 1.807) is 11.3 Å². The first-order valence-corrected chi connectivity index (χ1v) is 8.46. The van der Waals surface area contributed by atoms with E-state index >= 15 is 0 Å². The largest absolute Gasteiger partial charge is 0.354 e. The lowest BCUT2D eigenvalue weighted by Gasteiger charge is -2.32. The molecule has 0 amide bonds. The molecule has 0 aliphatic carbocycles. The Morgan fingerprint density at radius 3 is 2.76 bits per heavy atom. The molecule has 2 rings (SSSR count). The number of nitrogens with zero attached hydrogens (tertiary/aromatic N) is 2. The number of guanidine groups is 1. The molecule has 6 heteroatoms. The van der Waals surface area contributed by atoms with Crippen LogP contribution in [-0.2, 0) is 6.54 Å². The molecular formula is C15H27IN4S. The van der Waals surface area contributed by atoms with Crippen LogP contribution in [-0.4, -0.2) is 43.6 Å². The van der Waals surface area contributed by atoms with Crippen molar-refractivity contribution in [2.75, 3.05) is 26.7 Å². The predicted octanol–water partition coefficient (Wildman–Crippen LogP) is 2.91. The fourth-order valence-corrected chi connectivity index (χ4v) is 3.25. The average molecular weight is 422 g/mol. The SMILES string of the molecule is CCCN1CCC(NC(=NC)NCc2ccsc2)CC1.I. The van der Waals surface area contributed by atoms with Crippen LogP contribution in [0.25, 0.3) is 0 Å². The highest BCUT2D eigenvalue weighted by molar-refractivity contribution is 14.0. The Labute approximate surface area is 149 Å². The molecule has 1 aliphatic rings. The Kier molecular flexibility index (Phi) is 9.26. The van der Waals surface area contributed by atoms with Crippen LogP contribution >= 0.6 is 35.3 Å². The first kappa shape index (κ1) is 18.7. The molecule has 0 radical (unpaired) electrons. The molecule has 1 aliphatic heterocycles. The molecule has 2 N–H and O–H groups in total. The number of piperidine rings is 1. The van der Waals surface area contributed by atoms with Gasteiger partial charge in [-0.25, -0.2) is 0 Å². The molecule has 120 valence electrons. The topological polar surface area (TPSA) is 39.7 Å². The van der Waals surface area contributed by atoms with Crippen LogP contribution < -0.4 is 10.6 Å². The van der Waals surface area contributed by atoms with E-state index in [1.165, 1.54) is 44.5 Å². The molecule has 0 aromatic carbocycles. The molecule has 0 spiro atoms. The highest BCUT2D eigenvalue weighted by atomic mass is 127. The molecule has 1 aromatic rings. The van der Waals surface area contributed by atoms with Gasteiger partial charge in [0.1, 0.15) is 0 Å². The molecule has 0 atom stereocenters. The van der Waals surface area contributed by atoms with Gasteiger partial charge < -0.3 is 15.5 Å². The van der Waals surface area contributed by atoms with E-state index < -0.39 is 0 Å². The molecular weight excluding hydrogens is 395 g/mol. The van der Waals surface area contributed by atoms with Gasteiger partial charge in [0.25, 0.3) is 0 Å². The molecule has 21 heavy (non-hydrogen) atoms. The van der Waals surface area contributed by atoms with Crippen molar-refractivity contribution < 1.29 is 0 Å². The van der Waals surface area contributed by atoms with E-state index in [1.807, 2.05) is 7.05 Å². The average Bonchev–Trinajstić information content (AvgIpc) is 2.99. The van der Waals surface area contributed by atoms with Gasteiger partial charge in [0.05, 0.1) is 0 Å². The zero-order valence-corrected chi connectivity index (χ0v) is 16.1. The lowest BCUT2D eigenvalue weighted by atomic mass is 10.1. The van der Waals surface area contributed by atoms with E-state index in [0.717, 1.165) is 12.5 Å². The van der Waals surface area contributed by atoms with E-state index in [0.29, 0.717) is 6.04 Å². The minimum atomic E-state index is 0. The summed E-state index contributed by atoms with van der Waals surface area (Å²) in [5.74, 6) is 0.921. The lowest BCUT2D eigenvalue weighted by Crippen LogP contribution is -2.48. The van der Waals surface area contributed by atoms with Crippen molar-refractivity contribution in [2.24, 2.45) is 4.99 Å². The zero-order chi connectivity index (χ0) is 14.2. The van der Waals surface area contributed by atoms with Crippen molar-refractivity contribution >= 4 is 41.3 Å². The van der Waals surface area contributed by atoms with E-state index in [-0.39, 0.29) is 24.0 Å². The summed E-state index contributed by atoms with van der Waals surface area (Å²) in [6.07, 6.45) is 3.67. The quantitative estimate of drug-likeness (QED) is 0.436. The Hall–Kier alpha value is -0.340. The van der Waals surface area contributed by atoms with Crippen LogP contribution in [0, 0.1) is 0 Å². The number of nitrogens with one attached hydrogen (secondary N) is 2. The van der Waals surface area contributed by atoms with Crippen LogP contribution in [0.2, 0.25) is 0 Å². The Balaban J connectivity index is 0.00000220. The third-order valence-electron chi connectivity index (χ3n) is 3.73. The number of rotatable bonds is 5. The molecule has 1 fully saturated rings. The lowest BCUT2D eigenvalue weighted by molar-refractivity contribution is 0.206. The molecule has 0 saturated carbocycles. The van der Waals surface area contributed by atoms with E-state index in [9.17, 15) is 0 Å².